The van der Waals surface area contributed by atoms with Crippen LogP contribution in [0.4, 0.5) is 5.88 Å². The number of carbonyl (C=O) groups is 1. The molecule has 0 radical (unpaired) electrons. The van der Waals surface area contributed by atoms with Gasteiger partial charge in [0.15, 0.2) is 0 Å². The summed E-state index contributed by atoms with van der Waals surface area (Å²) < 4.78 is 6.17. The Morgan fingerprint density at radius 1 is 0.944 bits per heavy atom. The van der Waals surface area contributed by atoms with Gasteiger partial charge in [-0.1, -0.05) is 104 Å². The minimum Gasteiger partial charge on any atom is -0.438 e. The fourth-order valence-electron chi connectivity index (χ4n) is 4.07. The van der Waals surface area contributed by atoms with Crippen molar-refractivity contribution in [2.24, 2.45) is 0 Å². The van der Waals surface area contributed by atoms with E-state index in [-0.39, 0.29) is 11.8 Å². The van der Waals surface area contributed by atoms with Gasteiger partial charge < -0.3 is 4.42 Å². The highest BCUT2D eigenvalue weighted by molar-refractivity contribution is 8.00. The van der Waals surface area contributed by atoms with Crippen LogP contribution in [0.3, 0.4) is 0 Å². The topological polar surface area (TPSA) is 78.9 Å². The molecule has 36 heavy (non-hydrogen) atoms. The number of para-hydroxylation sites is 1. The Labute approximate surface area is 213 Å². The molecule has 0 aliphatic carbocycles. The number of rotatable bonds is 7. The van der Waals surface area contributed by atoms with Gasteiger partial charge in [-0.2, -0.15) is 5.26 Å². The van der Waals surface area contributed by atoms with E-state index in [0.717, 1.165) is 27.1 Å². The molecule has 1 unspecified atom stereocenters. The number of hydrogen-bond acceptors (Lipinski definition) is 5. The smallest absolute Gasteiger partial charge is 0.240 e. The second-order valence-corrected chi connectivity index (χ2v) is 9.42. The lowest BCUT2D eigenvalue weighted by Gasteiger charge is -2.13. The van der Waals surface area contributed by atoms with Crippen LogP contribution in [0, 0.1) is 11.3 Å². The summed E-state index contributed by atoms with van der Waals surface area (Å²) in [7, 11) is 0. The first kappa shape index (κ1) is 23.4. The largest absolute Gasteiger partial charge is 0.438 e. The molecule has 0 spiro atoms. The fourth-order valence-corrected chi connectivity index (χ4v) is 4.99. The van der Waals surface area contributed by atoms with Crippen molar-refractivity contribution in [1.82, 2.24) is 4.98 Å². The molecule has 0 saturated carbocycles. The van der Waals surface area contributed by atoms with Gasteiger partial charge in [0.2, 0.25) is 11.8 Å². The molecule has 3 aromatic carbocycles. The van der Waals surface area contributed by atoms with E-state index in [2.05, 4.69) is 11.4 Å². The van der Waals surface area contributed by atoms with E-state index in [9.17, 15) is 10.1 Å². The Balaban J connectivity index is 1.48. The van der Waals surface area contributed by atoms with Crippen molar-refractivity contribution in [3.8, 4) is 28.5 Å². The van der Waals surface area contributed by atoms with Crippen LogP contribution >= 0.6 is 11.8 Å². The van der Waals surface area contributed by atoms with Gasteiger partial charge in [-0.15, -0.1) is 0 Å². The van der Waals surface area contributed by atoms with Crippen LogP contribution in [0.2, 0.25) is 0 Å². The molecule has 2 heterocycles. The highest BCUT2D eigenvalue weighted by atomic mass is 32.2. The summed E-state index contributed by atoms with van der Waals surface area (Å²) in [5.41, 5.74) is 3.53. The minimum absolute atomic E-state index is 0.158. The second kappa shape index (κ2) is 10.5. The lowest BCUT2D eigenvalue weighted by molar-refractivity contribution is -0.115. The first-order valence-corrected chi connectivity index (χ1v) is 12.6. The molecule has 0 aliphatic rings. The SMILES string of the molecule is CCC(Sc1ccc2ccccc2n1)C(=O)Nc1oc(-c2ccccc2)c(-c2ccccc2)c1C#N. The number of thioether (sulfide) groups is 1. The number of anilines is 1. The third-order valence-corrected chi connectivity index (χ3v) is 7.16. The number of nitrogens with zero attached hydrogens (tertiary/aromatic N) is 2. The molecule has 0 saturated heterocycles. The van der Waals surface area contributed by atoms with Crippen molar-refractivity contribution in [3.05, 3.63) is 103 Å². The molecule has 1 atom stereocenters. The number of nitrogens with one attached hydrogen (secondary N) is 1. The van der Waals surface area contributed by atoms with Crippen LogP contribution in [0.1, 0.15) is 18.9 Å². The number of fused-ring (bicyclic) bond motifs is 1. The molecular weight excluding hydrogens is 466 g/mol. The lowest BCUT2D eigenvalue weighted by Crippen LogP contribution is -2.24. The van der Waals surface area contributed by atoms with Gasteiger partial charge in [0.05, 0.1) is 15.8 Å². The van der Waals surface area contributed by atoms with E-state index in [4.69, 9.17) is 9.40 Å². The molecule has 1 amide bonds. The molecule has 5 nitrogen and oxygen atoms in total. The predicted octanol–water partition coefficient (Wildman–Crippen LogP) is 7.54. The summed E-state index contributed by atoms with van der Waals surface area (Å²) in [6.45, 7) is 1.95. The molecular formula is C30H23N3O2S. The monoisotopic (exact) mass is 489 g/mol. The van der Waals surface area contributed by atoms with Crippen molar-refractivity contribution in [2.45, 2.75) is 23.6 Å². The standard InChI is InChI=1S/C30H23N3O2S/c1-2-25(36-26-18-17-20-11-9-10-16-24(20)32-26)29(34)33-30-23(19-31)27(21-12-5-3-6-13-21)28(35-30)22-14-7-4-8-15-22/h3-18,25H,2H2,1H3,(H,33,34). The number of benzene rings is 3. The number of pyridine rings is 1. The van der Waals surface area contributed by atoms with Gasteiger partial charge in [0.1, 0.15) is 17.4 Å². The van der Waals surface area contributed by atoms with E-state index >= 15 is 0 Å². The zero-order valence-electron chi connectivity index (χ0n) is 19.6. The van der Waals surface area contributed by atoms with Crippen LogP contribution in [0.15, 0.2) is 107 Å². The molecule has 0 aliphatic heterocycles. The summed E-state index contributed by atoms with van der Waals surface area (Å²) in [4.78, 5) is 18.0. The average molecular weight is 490 g/mol. The summed E-state index contributed by atoms with van der Waals surface area (Å²) in [6, 6.07) is 33.3. The van der Waals surface area contributed by atoms with Crippen LogP contribution in [-0.2, 0) is 4.79 Å². The Hall–Kier alpha value is -4.34. The van der Waals surface area contributed by atoms with Gasteiger partial charge in [0, 0.05) is 16.5 Å². The highest BCUT2D eigenvalue weighted by Crippen LogP contribution is 2.41. The van der Waals surface area contributed by atoms with Crippen molar-refractivity contribution >= 4 is 34.5 Å². The molecule has 176 valence electrons. The Morgan fingerprint density at radius 2 is 1.61 bits per heavy atom. The minimum atomic E-state index is -0.407. The number of aromatic nitrogens is 1. The number of nitriles is 1. The van der Waals surface area contributed by atoms with Gasteiger partial charge >= 0.3 is 0 Å². The van der Waals surface area contributed by atoms with Crippen LogP contribution in [0.25, 0.3) is 33.4 Å². The zero-order valence-corrected chi connectivity index (χ0v) is 20.5. The van der Waals surface area contributed by atoms with E-state index in [1.54, 1.807) is 0 Å². The van der Waals surface area contributed by atoms with Crippen molar-refractivity contribution in [1.29, 1.82) is 5.26 Å². The Morgan fingerprint density at radius 3 is 2.31 bits per heavy atom. The quantitative estimate of drug-likeness (QED) is 0.239. The fraction of sp³-hybridized carbons (Fsp3) is 0.100. The number of furan rings is 1. The van der Waals surface area contributed by atoms with Crippen molar-refractivity contribution in [2.75, 3.05) is 5.32 Å². The molecule has 6 heteroatoms. The summed E-state index contributed by atoms with van der Waals surface area (Å²) in [5.74, 6) is 0.471. The maximum Gasteiger partial charge on any atom is 0.240 e. The predicted molar refractivity (Wildman–Crippen MR) is 145 cm³/mol. The van der Waals surface area contributed by atoms with E-state index in [0.29, 0.717) is 23.3 Å². The van der Waals surface area contributed by atoms with Gasteiger partial charge in [-0.05, 0) is 24.1 Å². The van der Waals surface area contributed by atoms with Crippen LogP contribution in [0.5, 0.6) is 0 Å². The Kier molecular flexibility index (Phi) is 6.83. The average Bonchev–Trinajstić information content (AvgIpc) is 3.30. The third-order valence-electron chi connectivity index (χ3n) is 5.85. The summed E-state index contributed by atoms with van der Waals surface area (Å²) in [6.07, 6.45) is 0.588. The van der Waals surface area contributed by atoms with E-state index < -0.39 is 5.25 Å². The summed E-state index contributed by atoms with van der Waals surface area (Å²) in [5, 5.41) is 14.4. The third kappa shape index (κ3) is 4.74. The van der Waals surface area contributed by atoms with Crippen LogP contribution in [-0.4, -0.2) is 16.1 Å². The van der Waals surface area contributed by atoms with Crippen molar-refractivity contribution in [3.63, 3.8) is 0 Å². The van der Waals surface area contributed by atoms with Gasteiger partial charge in [-0.25, -0.2) is 4.98 Å². The number of carbonyl (C=O) groups excluding carboxylic acids is 1. The molecule has 2 aromatic heterocycles. The number of amides is 1. The zero-order chi connectivity index (χ0) is 24.9. The molecule has 5 rings (SSSR count). The molecule has 0 fully saturated rings. The second-order valence-electron chi connectivity index (χ2n) is 8.20. The lowest BCUT2D eigenvalue weighted by atomic mass is 9.98. The van der Waals surface area contributed by atoms with E-state index in [1.807, 2.05) is 104 Å². The normalized spacial score (nSPS) is 11.7. The maximum absolute atomic E-state index is 13.3. The molecule has 0 bridgehead atoms. The highest BCUT2D eigenvalue weighted by Gasteiger charge is 2.27. The molecule has 1 N–H and O–H groups in total. The van der Waals surface area contributed by atoms with Crippen molar-refractivity contribution < 1.29 is 9.21 Å². The summed E-state index contributed by atoms with van der Waals surface area (Å²) >= 11 is 1.40. The first-order chi connectivity index (χ1) is 17.7. The number of hydrogen-bond donors (Lipinski definition) is 1. The van der Waals surface area contributed by atoms with E-state index in [1.165, 1.54) is 11.8 Å². The molecule has 5 aromatic rings. The van der Waals surface area contributed by atoms with Gasteiger partial charge in [0.25, 0.3) is 0 Å². The first-order valence-electron chi connectivity index (χ1n) is 11.7. The Bertz CT molecular complexity index is 1560. The maximum atomic E-state index is 13.3. The van der Waals surface area contributed by atoms with Gasteiger partial charge in [-0.3, -0.25) is 10.1 Å². The van der Waals surface area contributed by atoms with Crippen LogP contribution < -0.4 is 5.32 Å².